The van der Waals surface area contributed by atoms with Crippen LogP contribution in [0.15, 0.2) is 0 Å². The highest BCUT2D eigenvalue weighted by Gasteiger charge is 2.13. The van der Waals surface area contributed by atoms with E-state index in [1.165, 1.54) is 14.2 Å². The van der Waals surface area contributed by atoms with Crippen LogP contribution in [0.4, 0.5) is 0 Å². The van der Waals surface area contributed by atoms with Crippen molar-refractivity contribution in [2.45, 2.75) is 36.6 Å². The molecule has 0 aromatic rings. The van der Waals surface area contributed by atoms with Crippen molar-refractivity contribution >= 4 is 0 Å². The van der Waals surface area contributed by atoms with E-state index in [0.29, 0.717) is 0 Å². The third-order valence-electron chi connectivity index (χ3n) is 3.82. The van der Waals surface area contributed by atoms with Gasteiger partial charge in [-0.15, -0.1) is 0 Å². The van der Waals surface area contributed by atoms with Crippen LogP contribution in [-0.4, -0.2) is 161 Å². The molecule has 33 heavy (non-hydrogen) atoms. The largest absolute Gasteiger partial charge is 0.388 e. The van der Waals surface area contributed by atoms with Crippen LogP contribution < -0.4 is 0 Å². The number of aliphatic hydroxyl groups excluding tert-OH is 6. The smallest absolute Gasteiger partial charge is 0.101 e. The topological polar surface area (TPSA) is 186 Å². The Labute approximate surface area is 194 Å². The summed E-state index contributed by atoms with van der Waals surface area (Å²) < 4.78 is 35.3. The predicted molar refractivity (Wildman–Crippen MR) is 114 cm³/mol. The van der Waals surface area contributed by atoms with Gasteiger partial charge < -0.3 is 63.8 Å². The summed E-state index contributed by atoms with van der Waals surface area (Å²) in [6.07, 6.45) is -5.28. The van der Waals surface area contributed by atoms with Gasteiger partial charge in [-0.3, -0.25) is 0 Å². The quantitative estimate of drug-likeness (QED) is 0.0784. The molecule has 0 amide bonds. The first-order valence-electron chi connectivity index (χ1n) is 10.7. The molecular formula is C20H42O13. The maximum atomic E-state index is 9.79. The summed E-state index contributed by atoms with van der Waals surface area (Å²) in [5.74, 6) is 0. The van der Waals surface area contributed by atoms with Crippen LogP contribution >= 0.6 is 0 Å². The zero-order chi connectivity index (χ0) is 24.9. The van der Waals surface area contributed by atoms with Gasteiger partial charge in [0.15, 0.2) is 0 Å². The molecular weight excluding hydrogens is 448 g/mol. The summed E-state index contributed by atoms with van der Waals surface area (Å²) >= 11 is 0. The van der Waals surface area contributed by atoms with Gasteiger partial charge in [-0.1, -0.05) is 0 Å². The Morgan fingerprint density at radius 2 is 0.485 bits per heavy atom. The highest BCUT2D eigenvalue weighted by molar-refractivity contribution is 4.60. The second-order valence-corrected chi connectivity index (χ2v) is 7.52. The summed E-state index contributed by atoms with van der Waals surface area (Å²) in [6, 6.07) is 0. The molecule has 0 saturated heterocycles. The maximum Gasteiger partial charge on any atom is 0.101 e. The first-order valence-corrected chi connectivity index (χ1v) is 10.7. The van der Waals surface area contributed by atoms with Gasteiger partial charge in [-0.2, -0.15) is 0 Å². The maximum absolute atomic E-state index is 9.79. The van der Waals surface area contributed by atoms with Crippen molar-refractivity contribution in [1.82, 2.24) is 0 Å². The lowest BCUT2D eigenvalue weighted by atomic mass is 10.3. The van der Waals surface area contributed by atoms with Crippen molar-refractivity contribution in [1.29, 1.82) is 0 Å². The van der Waals surface area contributed by atoms with Gasteiger partial charge in [0, 0.05) is 14.2 Å². The lowest BCUT2D eigenvalue weighted by molar-refractivity contribution is -0.0847. The second kappa shape index (κ2) is 22.0. The number of rotatable bonds is 24. The highest BCUT2D eigenvalue weighted by atomic mass is 16.5. The predicted octanol–water partition coefficient (Wildman–Crippen LogP) is -3.47. The number of hydrogen-bond acceptors (Lipinski definition) is 13. The summed E-state index contributed by atoms with van der Waals surface area (Å²) in [7, 11) is 2.92. The van der Waals surface area contributed by atoms with Crippen LogP contribution in [0.2, 0.25) is 0 Å². The molecule has 13 nitrogen and oxygen atoms in total. The Kier molecular flexibility index (Phi) is 21.6. The molecule has 13 heteroatoms. The molecule has 0 aromatic carbocycles. The van der Waals surface area contributed by atoms with Gasteiger partial charge in [0.2, 0.25) is 0 Å². The third-order valence-corrected chi connectivity index (χ3v) is 3.82. The second-order valence-electron chi connectivity index (χ2n) is 7.52. The average Bonchev–Trinajstić information content (AvgIpc) is 2.74. The molecule has 6 N–H and O–H groups in total. The lowest BCUT2D eigenvalue weighted by Gasteiger charge is -2.17. The monoisotopic (exact) mass is 490 g/mol. The minimum absolute atomic E-state index is 0.0269. The normalized spacial score (nSPS) is 17.5. The van der Waals surface area contributed by atoms with Crippen LogP contribution in [0, 0.1) is 0 Å². The van der Waals surface area contributed by atoms with Gasteiger partial charge in [0.1, 0.15) is 36.6 Å². The van der Waals surface area contributed by atoms with E-state index in [2.05, 4.69) is 0 Å². The molecule has 0 aliphatic carbocycles. The number of ether oxygens (including phenoxy) is 7. The molecule has 0 radical (unpaired) electrons. The van der Waals surface area contributed by atoms with Crippen LogP contribution in [-0.2, 0) is 33.2 Å². The van der Waals surface area contributed by atoms with Gasteiger partial charge in [0.05, 0.1) is 79.3 Å². The summed E-state index contributed by atoms with van der Waals surface area (Å²) in [5, 5.41) is 57.8. The van der Waals surface area contributed by atoms with Crippen molar-refractivity contribution < 1.29 is 63.8 Å². The first-order chi connectivity index (χ1) is 15.8. The summed E-state index contributed by atoms with van der Waals surface area (Å²) in [6.45, 7) is -0.208. The van der Waals surface area contributed by atoms with E-state index in [1.807, 2.05) is 0 Å². The van der Waals surface area contributed by atoms with E-state index in [9.17, 15) is 30.6 Å². The van der Waals surface area contributed by atoms with E-state index in [0.717, 1.165) is 0 Å². The first kappa shape index (κ1) is 32.5. The van der Waals surface area contributed by atoms with E-state index in [4.69, 9.17) is 33.2 Å². The lowest BCUT2D eigenvalue weighted by Crippen LogP contribution is -2.31. The fraction of sp³-hybridized carbons (Fsp3) is 1.00. The van der Waals surface area contributed by atoms with E-state index in [1.54, 1.807) is 0 Å². The number of aliphatic hydroxyl groups is 6. The summed E-state index contributed by atoms with van der Waals surface area (Å²) in [5.41, 5.74) is 0. The zero-order valence-electron chi connectivity index (χ0n) is 19.5. The molecule has 0 aliphatic rings. The van der Waals surface area contributed by atoms with Gasteiger partial charge in [0.25, 0.3) is 0 Å². The minimum Gasteiger partial charge on any atom is -0.388 e. The summed E-state index contributed by atoms with van der Waals surface area (Å²) in [4.78, 5) is 0. The Balaban J connectivity index is 3.62. The Hall–Kier alpha value is -0.520. The molecule has 0 spiro atoms. The molecule has 0 aliphatic heterocycles. The fourth-order valence-electron chi connectivity index (χ4n) is 2.37. The fourth-order valence-corrected chi connectivity index (χ4v) is 2.37. The van der Waals surface area contributed by atoms with Crippen LogP contribution in [0.1, 0.15) is 0 Å². The number of methoxy groups -OCH3 is 2. The Morgan fingerprint density at radius 3 is 0.636 bits per heavy atom. The zero-order valence-corrected chi connectivity index (χ0v) is 19.5. The molecule has 0 aromatic heterocycles. The Bertz CT molecular complexity index is 381. The van der Waals surface area contributed by atoms with Gasteiger partial charge >= 0.3 is 0 Å². The SMILES string of the molecule is COCC(O)COCC(O)COCC(O)COCC(O)COCC(O)COCC(O)COC. The van der Waals surface area contributed by atoms with E-state index < -0.39 is 36.6 Å². The molecule has 200 valence electrons. The molecule has 6 unspecified atom stereocenters. The average molecular weight is 491 g/mol. The molecule has 0 rings (SSSR count). The Morgan fingerprint density at radius 1 is 0.333 bits per heavy atom. The molecule has 0 heterocycles. The van der Waals surface area contributed by atoms with Crippen molar-refractivity contribution in [3.8, 4) is 0 Å². The van der Waals surface area contributed by atoms with E-state index in [-0.39, 0.29) is 79.3 Å². The molecule has 0 fully saturated rings. The number of hydrogen-bond donors (Lipinski definition) is 6. The van der Waals surface area contributed by atoms with Crippen molar-refractivity contribution in [2.75, 3.05) is 93.5 Å². The minimum atomic E-state index is -0.956. The highest BCUT2D eigenvalue weighted by Crippen LogP contribution is 1.97. The van der Waals surface area contributed by atoms with Crippen LogP contribution in [0.5, 0.6) is 0 Å². The van der Waals surface area contributed by atoms with Gasteiger partial charge in [-0.25, -0.2) is 0 Å². The third kappa shape index (κ3) is 21.7. The molecule has 0 bridgehead atoms. The standard InChI is InChI=1S/C20H42O13/c1-27-3-15(21)5-29-7-17(23)9-31-11-19(25)13-33-14-20(26)12-32-10-18(24)8-30-6-16(22)4-28-2/h15-26H,3-14H2,1-2H3. The van der Waals surface area contributed by atoms with E-state index >= 15 is 0 Å². The van der Waals surface area contributed by atoms with Crippen molar-refractivity contribution in [3.63, 3.8) is 0 Å². The van der Waals surface area contributed by atoms with Gasteiger partial charge in [-0.05, 0) is 0 Å². The van der Waals surface area contributed by atoms with Crippen molar-refractivity contribution in [2.24, 2.45) is 0 Å². The van der Waals surface area contributed by atoms with Crippen molar-refractivity contribution in [3.05, 3.63) is 0 Å². The molecule has 6 atom stereocenters. The van der Waals surface area contributed by atoms with Crippen LogP contribution in [0.25, 0.3) is 0 Å². The van der Waals surface area contributed by atoms with Crippen LogP contribution in [0.3, 0.4) is 0 Å². The molecule has 0 saturated carbocycles.